The van der Waals surface area contributed by atoms with E-state index in [-0.39, 0.29) is 10.7 Å². The molecule has 1 heterocycles. The summed E-state index contributed by atoms with van der Waals surface area (Å²) in [4.78, 5) is 15.9. The van der Waals surface area contributed by atoms with Gasteiger partial charge in [-0.05, 0) is 19.9 Å². The monoisotopic (exact) mass is 298 g/mol. The van der Waals surface area contributed by atoms with Crippen molar-refractivity contribution in [3.8, 4) is 0 Å². The lowest BCUT2D eigenvalue weighted by Crippen LogP contribution is -2.43. The zero-order valence-corrected chi connectivity index (χ0v) is 10.9. The SMILES string of the molecule is CC(C)N(CC(F)(F)F)C(=O)c1cc(F)cnc1Cl. The molecule has 0 atom stereocenters. The molecule has 1 aromatic rings. The van der Waals surface area contributed by atoms with Gasteiger partial charge in [0, 0.05) is 6.04 Å². The molecule has 1 aromatic heterocycles. The summed E-state index contributed by atoms with van der Waals surface area (Å²) in [6, 6.07) is 0.0529. The Morgan fingerprint density at radius 1 is 1.47 bits per heavy atom. The number of rotatable bonds is 3. The third-order valence-electron chi connectivity index (χ3n) is 2.27. The molecule has 1 amide bonds. The number of amides is 1. The fourth-order valence-electron chi connectivity index (χ4n) is 1.41. The molecule has 3 nitrogen and oxygen atoms in total. The van der Waals surface area contributed by atoms with Gasteiger partial charge in [-0.25, -0.2) is 9.37 Å². The quantitative estimate of drug-likeness (QED) is 0.634. The maximum Gasteiger partial charge on any atom is 0.406 e. The summed E-state index contributed by atoms with van der Waals surface area (Å²) in [7, 11) is 0. The molecule has 0 fully saturated rings. The zero-order chi connectivity index (χ0) is 14.8. The largest absolute Gasteiger partial charge is 0.406 e. The van der Waals surface area contributed by atoms with E-state index in [1.165, 1.54) is 13.8 Å². The van der Waals surface area contributed by atoms with Crippen LogP contribution in [-0.4, -0.2) is 34.6 Å². The van der Waals surface area contributed by atoms with Crippen LogP contribution in [0, 0.1) is 5.82 Å². The van der Waals surface area contributed by atoms with Crippen molar-refractivity contribution in [2.75, 3.05) is 6.54 Å². The van der Waals surface area contributed by atoms with Crippen LogP contribution in [0.25, 0.3) is 0 Å². The fraction of sp³-hybridized carbons (Fsp3) is 0.455. The Morgan fingerprint density at radius 3 is 2.53 bits per heavy atom. The molecule has 0 N–H and O–H groups in total. The number of halogens is 5. The minimum Gasteiger partial charge on any atom is -0.327 e. The lowest BCUT2D eigenvalue weighted by Gasteiger charge is -2.27. The minimum atomic E-state index is -4.55. The van der Waals surface area contributed by atoms with E-state index in [0.29, 0.717) is 4.90 Å². The average molecular weight is 299 g/mol. The van der Waals surface area contributed by atoms with Crippen molar-refractivity contribution in [1.29, 1.82) is 0 Å². The van der Waals surface area contributed by atoms with Gasteiger partial charge in [0.05, 0.1) is 11.8 Å². The molecule has 0 aliphatic heterocycles. The van der Waals surface area contributed by atoms with Crippen LogP contribution in [0.3, 0.4) is 0 Å². The van der Waals surface area contributed by atoms with Crippen molar-refractivity contribution >= 4 is 17.5 Å². The van der Waals surface area contributed by atoms with Crippen LogP contribution in [0.15, 0.2) is 12.3 Å². The molecule has 0 radical (unpaired) electrons. The van der Waals surface area contributed by atoms with Gasteiger partial charge in [0.15, 0.2) is 0 Å². The first kappa shape index (κ1) is 15.7. The van der Waals surface area contributed by atoms with Crippen molar-refractivity contribution in [3.05, 3.63) is 28.8 Å². The summed E-state index contributed by atoms with van der Waals surface area (Å²) in [5, 5.41) is -0.334. The van der Waals surface area contributed by atoms with Gasteiger partial charge >= 0.3 is 6.18 Å². The molecule has 0 unspecified atom stereocenters. The number of carbonyl (C=O) groups excluding carboxylic acids is 1. The third-order valence-corrected chi connectivity index (χ3v) is 2.57. The van der Waals surface area contributed by atoms with Gasteiger partial charge in [0.2, 0.25) is 0 Å². The minimum absolute atomic E-state index is 0.334. The fourth-order valence-corrected chi connectivity index (χ4v) is 1.59. The molecule has 0 bridgehead atoms. The summed E-state index contributed by atoms with van der Waals surface area (Å²) in [5.41, 5.74) is -0.389. The number of alkyl halides is 3. The normalized spacial score (nSPS) is 11.8. The predicted octanol–water partition coefficient (Wildman–Crippen LogP) is 3.29. The first-order chi connectivity index (χ1) is 8.61. The van der Waals surface area contributed by atoms with Gasteiger partial charge < -0.3 is 4.90 Å². The summed E-state index contributed by atoms with van der Waals surface area (Å²) in [6.45, 7) is 1.41. The molecule has 0 saturated heterocycles. The molecule has 19 heavy (non-hydrogen) atoms. The van der Waals surface area contributed by atoms with Crippen LogP contribution in [0.1, 0.15) is 24.2 Å². The van der Waals surface area contributed by atoms with Crippen LogP contribution in [0.2, 0.25) is 5.15 Å². The van der Waals surface area contributed by atoms with E-state index < -0.39 is 30.5 Å². The first-order valence-electron chi connectivity index (χ1n) is 5.30. The molecule has 0 aliphatic rings. The number of aromatic nitrogens is 1. The molecule has 106 valence electrons. The Kier molecular flexibility index (Phi) is 4.73. The molecule has 0 aromatic carbocycles. The highest BCUT2D eigenvalue weighted by atomic mass is 35.5. The lowest BCUT2D eigenvalue weighted by molar-refractivity contribution is -0.143. The molecule has 0 aliphatic carbocycles. The third kappa shape index (κ3) is 4.34. The summed E-state index contributed by atoms with van der Waals surface area (Å²) in [6.07, 6.45) is -3.77. The van der Waals surface area contributed by atoms with Gasteiger partial charge in [-0.2, -0.15) is 13.2 Å². The molecule has 0 saturated carbocycles. The van der Waals surface area contributed by atoms with E-state index in [1.807, 2.05) is 0 Å². The Morgan fingerprint density at radius 2 is 2.05 bits per heavy atom. The molecule has 1 rings (SSSR count). The number of carbonyl (C=O) groups is 1. The van der Waals surface area contributed by atoms with E-state index in [9.17, 15) is 22.4 Å². The second-order valence-electron chi connectivity index (χ2n) is 4.13. The summed E-state index contributed by atoms with van der Waals surface area (Å²) < 4.78 is 50.2. The molecular weight excluding hydrogens is 288 g/mol. The van der Waals surface area contributed by atoms with Gasteiger partial charge in [-0.15, -0.1) is 0 Å². The van der Waals surface area contributed by atoms with Crippen LogP contribution < -0.4 is 0 Å². The van der Waals surface area contributed by atoms with Crippen molar-refractivity contribution in [2.45, 2.75) is 26.1 Å². The smallest absolute Gasteiger partial charge is 0.327 e. The zero-order valence-electron chi connectivity index (χ0n) is 10.1. The van der Waals surface area contributed by atoms with Crippen LogP contribution >= 0.6 is 11.6 Å². The van der Waals surface area contributed by atoms with Crippen molar-refractivity contribution < 1.29 is 22.4 Å². The lowest BCUT2D eigenvalue weighted by atomic mass is 10.2. The summed E-state index contributed by atoms with van der Waals surface area (Å²) in [5.74, 6) is -1.85. The van der Waals surface area contributed by atoms with Crippen molar-refractivity contribution in [2.24, 2.45) is 0 Å². The van der Waals surface area contributed by atoms with Crippen molar-refractivity contribution in [3.63, 3.8) is 0 Å². The standard InChI is InChI=1S/C11H11ClF4N2O/c1-6(2)18(5-11(14,15)16)10(19)8-3-7(13)4-17-9(8)12/h3-4,6H,5H2,1-2H3. The Balaban J connectivity index is 3.09. The van der Waals surface area contributed by atoms with Gasteiger partial charge in [-0.3, -0.25) is 4.79 Å². The number of hydrogen-bond acceptors (Lipinski definition) is 2. The highest BCUT2D eigenvalue weighted by Crippen LogP contribution is 2.22. The molecule has 0 spiro atoms. The van der Waals surface area contributed by atoms with E-state index in [2.05, 4.69) is 4.98 Å². The predicted molar refractivity (Wildman–Crippen MR) is 61.4 cm³/mol. The highest BCUT2D eigenvalue weighted by molar-refractivity contribution is 6.32. The second-order valence-corrected chi connectivity index (χ2v) is 4.49. The maximum absolute atomic E-state index is 13.0. The van der Waals surface area contributed by atoms with Gasteiger partial charge in [0.25, 0.3) is 5.91 Å². The highest BCUT2D eigenvalue weighted by Gasteiger charge is 2.35. The Bertz CT molecular complexity index is 476. The van der Waals surface area contributed by atoms with Crippen LogP contribution in [-0.2, 0) is 0 Å². The topological polar surface area (TPSA) is 33.2 Å². The van der Waals surface area contributed by atoms with Crippen LogP contribution in [0.5, 0.6) is 0 Å². The van der Waals surface area contributed by atoms with Gasteiger partial charge in [0.1, 0.15) is 17.5 Å². The van der Waals surface area contributed by atoms with E-state index in [1.54, 1.807) is 0 Å². The number of nitrogens with zero attached hydrogens (tertiary/aromatic N) is 2. The number of pyridine rings is 1. The molecular formula is C11H11ClF4N2O. The van der Waals surface area contributed by atoms with Crippen LogP contribution in [0.4, 0.5) is 17.6 Å². The maximum atomic E-state index is 13.0. The molecule has 8 heteroatoms. The van der Waals surface area contributed by atoms with E-state index in [0.717, 1.165) is 12.3 Å². The Hall–Kier alpha value is -1.37. The van der Waals surface area contributed by atoms with Crippen molar-refractivity contribution in [1.82, 2.24) is 9.88 Å². The van der Waals surface area contributed by atoms with E-state index in [4.69, 9.17) is 11.6 Å². The summed E-state index contributed by atoms with van der Waals surface area (Å²) >= 11 is 5.60. The number of hydrogen-bond donors (Lipinski definition) is 0. The Labute approximate surface area is 112 Å². The second kappa shape index (κ2) is 5.73. The first-order valence-corrected chi connectivity index (χ1v) is 5.68. The van der Waals surface area contributed by atoms with E-state index >= 15 is 0 Å². The van der Waals surface area contributed by atoms with Gasteiger partial charge in [-0.1, -0.05) is 11.6 Å². The average Bonchev–Trinajstić information content (AvgIpc) is 2.27.